The van der Waals surface area contributed by atoms with Gasteiger partial charge in [0.05, 0.1) is 0 Å². The minimum atomic E-state index is -1.23. The molecule has 0 saturated heterocycles. The molecule has 0 aliphatic rings. The number of hydrogen-bond donors (Lipinski definition) is 3. The second-order valence-corrected chi connectivity index (χ2v) is 5.65. The molecule has 0 aliphatic heterocycles. The molecular weight excluding hydrogens is 324 g/mol. The van der Waals surface area contributed by atoms with Crippen LogP contribution in [0.15, 0.2) is 40.8 Å². The van der Waals surface area contributed by atoms with Crippen molar-refractivity contribution in [3.63, 3.8) is 0 Å². The van der Waals surface area contributed by atoms with Gasteiger partial charge in [0, 0.05) is 18.2 Å². The van der Waals surface area contributed by atoms with Crippen LogP contribution >= 0.6 is 0 Å². The number of carbonyl (C=O) groups excluding carboxylic acids is 2. The fourth-order valence-electron chi connectivity index (χ4n) is 2.05. The summed E-state index contributed by atoms with van der Waals surface area (Å²) in [5, 5.41) is 14.3. The molecule has 0 saturated carbocycles. The highest BCUT2D eigenvalue weighted by Gasteiger charge is 2.15. The molecule has 1 atom stereocenters. The number of carboxylic acid groups (broad SMARTS) is 1. The number of aromatic carboxylic acids is 1. The van der Waals surface area contributed by atoms with Gasteiger partial charge in [-0.25, -0.2) is 4.79 Å². The van der Waals surface area contributed by atoms with Gasteiger partial charge < -0.3 is 20.2 Å². The maximum absolute atomic E-state index is 12.0. The molecule has 1 aromatic heterocycles. The van der Waals surface area contributed by atoms with Crippen molar-refractivity contribution in [2.75, 3.05) is 5.32 Å². The van der Waals surface area contributed by atoms with Crippen molar-refractivity contribution in [2.24, 2.45) is 5.92 Å². The Kier molecular flexibility index (Phi) is 5.94. The molecule has 2 amide bonds. The zero-order chi connectivity index (χ0) is 18.4. The summed E-state index contributed by atoms with van der Waals surface area (Å²) in [5.74, 6) is -2.24. The number of carbonyl (C=O) groups is 3. The summed E-state index contributed by atoms with van der Waals surface area (Å²) in [4.78, 5) is 34.7. The number of nitrogens with one attached hydrogen (secondary N) is 2. The van der Waals surface area contributed by atoms with Gasteiger partial charge in [-0.15, -0.1) is 0 Å². The Balaban J connectivity index is 1.96. The molecule has 3 N–H and O–H groups in total. The average Bonchev–Trinajstić information content (AvgIpc) is 3.09. The van der Waals surface area contributed by atoms with Crippen LogP contribution in [0.3, 0.4) is 0 Å². The van der Waals surface area contributed by atoms with Crippen molar-refractivity contribution in [1.29, 1.82) is 0 Å². The Morgan fingerprint density at radius 3 is 2.52 bits per heavy atom. The summed E-state index contributed by atoms with van der Waals surface area (Å²) in [6.45, 7) is 4.02. The first-order chi connectivity index (χ1) is 11.9. The van der Waals surface area contributed by atoms with E-state index in [1.807, 2.05) is 19.9 Å². The van der Waals surface area contributed by atoms with Crippen molar-refractivity contribution in [3.05, 3.63) is 53.5 Å². The molecule has 2 rings (SSSR count). The van der Waals surface area contributed by atoms with Crippen molar-refractivity contribution in [2.45, 2.75) is 26.8 Å². The zero-order valence-electron chi connectivity index (χ0n) is 14.0. The van der Waals surface area contributed by atoms with E-state index in [0.29, 0.717) is 5.69 Å². The Labute approximate surface area is 145 Å². The fraction of sp³-hybridized carbons (Fsp3) is 0.278. The Hall–Kier alpha value is -3.09. The van der Waals surface area contributed by atoms with Crippen LogP contribution in [0.4, 0.5) is 5.69 Å². The van der Waals surface area contributed by atoms with E-state index in [1.165, 1.54) is 12.1 Å². The standard InChI is InChI=1S/C18H20N2O5/c1-3-11(2)16(21)20-13-6-4-5-12(9-13)10-19-17(22)14-7-8-15(25-14)18(23)24/h4-9,11H,3,10H2,1-2H3,(H,19,22)(H,20,21)(H,23,24). The van der Waals surface area contributed by atoms with Crippen molar-refractivity contribution >= 4 is 23.5 Å². The van der Waals surface area contributed by atoms with E-state index in [9.17, 15) is 14.4 Å². The van der Waals surface area contributed by atoms with E-state index in [1.54, 1.807) is 18.2 Å². The first kappa shape index (κ1) is 18.3. The zero-order valence-corrected chi connectivity index (χ0v) is 14.0. The number of rotatable bonds is 7. The van der Waals surface area contributed by atoms with Crippen molar-refractivity contribution in [3.8, 4) is 0 Å². The lowest BCUT2D eigenvalue weighted by Gasteiger charge is -2.11. The first-order valence-electron chi connectivity index (χ1n) is 7.91. The molecule has 132 valence electrons. The minimum Gasteiger partial charge on any atom is -0.475 e. The van der Waals surface area contributed by atoms with Crippen LogP contribution in [0.2, 0.25) is 0 Å². The molecule has 1 heterocycles. The molecule has 0 radical (unpaired) electrons. The van der Waals surface area contributed by atoms with Gasteiger partial charge in [-0.05, 0) is 36.2 Å². The Morgan fingerprint density at radius 2 is 1.88 bits per heavy atom. The average molecular weight is 344 g/mol. The summed E-state index contributed by atoms with van der Waals surface area (Å²) in [6, 6.07) is 9.67. The second-order valence-electron chi connectivity index (χ2n) is 5.65. The molecular formula is C18H20N2O5. The Morgan fingerprint density at radius 1 is 1.16 bits per heavy atom. The molecule has 2 aromatic rings. The van der Waals surface area contributed by atoms with Crippen LogP contribution in [0, 0.1) is 5.92 Å². The topological polar surface area (TPSA) is 109 Å². The smallest absolute Gasteiger partial charge is 0.371 e. The molecule has 0 bridgehead atoms. The van der Waals surface area contributed by atoms with Gasteiger partial charge in [0.15, 0.2) is 5.76 Å². The number of carboxylic acids is 1. The van der Waals surface area contributed by atoms with E-state index in [-0.39, 0.29) is 29.9 Å². The number of hydrogen-bond acceptors (Lipinski definition) is 4. The lowest BCUT2D eigenvalue weighted by atomic mass is 10.1. The highest BCUT2D eigenvalue weighted by molar-refractivity contribution is 5.94. The summed E-state index contributed by atoms with van der Waals surface area (Å²) in [7, 11) is 0. The van der Waals surface area contributed by atoms with Gasteiger partial charge in [-0.1, -0.05) is 26.0 Å². The van der Waals surface area contributed by atoms with Gasteiger partial charge in [-0.3, -0.25) is 9.59 Å². The highest BCUT2D eigenvalue weighted by Crippen LogP contribution is 2.14. The van der Waals surface area contributed by atoms with E-state index in [2.05, 4.69) is 10.6 Å². The highest BCUT2D eigenvalue weighted by atomic mass is 16.4. The lowest BCUT2D eigenvalue weighted by Crippen LogP contribution is -2.23. The third kappa shape index (κ3) is 4.94. The monoisotopic (exact) mass is 344 g/mol. The van der Waals surface area contributed by atoms with E-state index < -0.39 is 11.9 Å². The van der Waals surface area contributed by atoms with Crippen LogP contribution in [0.25, 0.3) is 0 Å². The van der Waals surface area contributed by atoms with Gasteiger partial charge in [0.1, 0.15) is 0 Å². The van der Waals surface area contributed by atoms with E-state index >= 15 is 0 Å². The number of benzene rings is 1. The molecule has 1 aromatic carbocycles. The third-order valence-electron chi connectivity index (χ3n) is 3.75. The molecule has 1 unspecified atom stereocenters. The minimum absolute atomic E-state index is 0.0551. The number of anilines is 1. The van der Waals surface area contributed by atoms with Crippen LogP contribution in [-0.2, 0) is 11.3 Å². The summed E-state index contributed by atoms with van der Waals surface area (Å²) in [6.07, 6.45) is 0.753. The van der Waals surface area contributed by atoms with Gasteiger partial charge in [0.2, 0.25) is 11.7 Å². The Bertz CT molecular complexity index is 781. The summed E-state index contributed by atoms with van der Waals surface area (Å²) in [5.41, 5.74) is 1.45. The van der Waals surface area contributed by atoms with Crippen LogP contribution in [-0.4, -0.2) is 22.9 Å². The first-order valence-corrected chi connectivity index (χ1v) is 7.91. The number of amides is 2. The van der Waals surface area contributed by atoms with Crippen LogP contribution in [0.5, 0.6) is 0 Å². The van der Waals surface area contributed by atoms with Crippen molar-refractivity contribution < 1.29 is 23.9 Å². The second kappa shape index (κ2) is 8.14. The number of furan rings is 1. The van der Waals surface area contributed by atoms with Gasteiger partial charge in [0.25, 0.3) is 5.91 Å². The van der Waals surface area contributed by atoms with E-state index in [4.69, 9.17) is 9.52 Å². The SMILES string of the molecule is CCC(C)C(=O)Nc1cccc(CNC(=O)c2ccc(C(=O)O)o2)c1. The maximum Gasteiger partial charge on any atom is 0.371 e. The third-order valence-corrected chi connectivity index (χ3v) is 3.75. The van der Waals surface area contributed by atoms with Crippen LogP contribution in [0.1, 0.15) is 46.9 Å². The van der Waals surface area contributed by atoms with Crippen LogP contribution < -0.4 is 10.6 Å². The molecule has 0 spiro atoms. The quantitative estimate of drug-likeness (QED) is 0.715. The largest absolute Gasteiger partial charge is 0.475 e. The molecule has 7 nitrogen and oxygen atoms in total. The lowest BCUT2D eigenvalue weighted by molar-refractivity contribution is -0.119. The predicted molar refractivity (Wildman–Crippen MR) is 91.4 cm³/mol. The molecule has 25 heavy (non-hydrogen) atoms. The maximum atomic E-state index is 12.0. The summed E-state index contributed by atoms with van der Waals surface area (Å²) < 4.78 is 4.94. The molecule has 0 aliphatic carbocycles. The van der Waals surface area contributed by atoms with Gasteiger partial charge in [-0.2, -0.15) is 0 Å². The van der Waals surface area contributed by atoms with E-state index in [0.717, 1.165) is 12.0 Å². The summed E-state index contributed by atoms with van der Waals surface area (Å²) >= 11 is 0. The molecule has 0 fully saturated rings. The molecule has 7 heteroatoms. The fourth-order valence-corrected chi connectivity index (χ4v) is 2.05. The van der Waals surface area contributed by atoms with Gasteiger partial charge >= 0.3 is 5.97 Å². The normalized spacial score (nSPS) is 11.6. The van der Waals surface area contributed by atoms with Crippen molar-refractivity contribution in [1.82, 2.24) is 5.32 Å². The predicted octanol–water partition coefficient (Wildman–Crippen LogP) is 2.89.